The minimum absolute atomic E-state index is 0.0825. The van der Waals surface area contributed by atoms with Gasteiger partial charge in [0.2, 0.25) is 0 Å². The highest BCUT2D eigenvalue weighted by Crippen LogP contribution is 2.34. The van der Waals surface area contributed by atoms with E-state index < -0.39 is 44.4 Å². The molecule has 0 unspecified atom stereocenters. The number of carbonyl (C=O) groups is 1. The summed E-state index contributed by atoms with van der Waals surface area (Å²) in [5.74, 6) is -2.02. The Morgan fingerprint density at radius 2 is 2.00 bits per heavy atom. The minimum atomic E-state index is -1.70. The van der Waals surface area contributed by atoms with Crippen LogP contribution in [0.2, 0.25) is 0 Å². The molecule has 1 aromatic rings. The summed E-state index contributed by atoms with van der Waals surface area (Å²) in [6.07, 6.45) is -0.484. The van der Waals surface area contributed by atoms with Crippen LogP contribution in [0.4, 0.5) is 10.1 Å². The summed E-state index contributed by atoms with van der Waals surface area (Å²) in [7, 11) is -1.70. The number of halogens is 1. The number of carboxylic acids is 1. The van der Waals surface area contributed by atoms with E-state index in [-0.39, 0.29) is 17.7 Å². The number of rotatable bonds is 7. The predicted molar refractivity (Wildman–Crippen MR) is 88.3 cm³/mol. The Bertz CT molecular complexity index is 674. The van der Waals surface area contributed by atoms with E-state index >= 15 is 0 Å². The van der Waals surface area contributed by atoms with Gasteiger partial charge in [-0.2, -0.15) is 0 Å². The van der Waals surface area contributed by atoms with Crippen molar-refractivity contribution in [2.75, 3.05) is 0 Å². The van der Waals surface area contributed by atoms with Crippen LogP contribution in [0.3, 0.4) is 0 Å². The summed E-state index contributed by atoms with van der Waals surface area (Å²) in [4.78, 5) is 21.6. The van der Waals surface area contributed by atoms with Crippen molar-refractivity contribution in [1.82, 2.24) is 4.72 Å². The number of hydrogen-bond donors (Lipinski definition) is 2. The Hall–Kier alpha value is -1.87. The van der Waals surface area contributed by atoms with Crippen LogP contribution in [0, 0.1) is 15.9 Å². The quantitative estimate of drug-likeness (QED) is 0.574. The average Bonchev–Trinajstić information content (AvgIpc) is 2.45. The summed E-state index contributed by atoms with van der Waals surface area (Å²) in [6, 6.07) is 2.91. The lowest BCUT2D eigenvalue weighted by molar-refractivity contribution is -0.385. The Morgan fingerprint density at radius 3 is 2.42 bits per heavy atom. The molecule has 2 atom stereocenters. The van der Waals surface area contributed by atoms with E-state index in [9.17, 15) is 28.6 Å². The van der Waals surface area contributed by atoms with Gasteiger partial charge in [0, 0.05) is 17.7 Å². The Balaban J connectivity index is 3.53. The maximum Gasteiger partial charge on any atom is 0.305 e. The van der Waals surface area contributed by atoms with E-state index in [1.165, 1.54) is 0 Å². The summed E-state index contributed by atoms with van der Waals surface area (Å²) < 4.78 is 28.8. The predicted octanol–water partition coefficient (Wildman–Crippen LogP) is 2.87. The molecular weight excluding hydrogens is 339 g/mol. The lowest BCUT2D eigenvalue weighted by Gasteiger charge is -2.35. The Labute approximate surface area is 142 Å². The molecule has 7 nitrogen and oxygen atoms in total. The Kier molecular flexibility index (Phi) is 6.18. The highest BCUT2D eigenvalue weighted by atomic mass is 32.2. The van der Waals surface area contributed by atoms with Gasteiger partial charge in [0.15, 0.2) is 0 Å². The van der Waals surface area contributed by atoms with Crippen molar-refractivity contribution in [2.24, 2.45) is 0 Å². The fourth-order valence-electron chi connectivity index (χ4n) is 2.16. The van der Waals surface area contributed by atoms with Crippen molar-refractivity contribution in [3.8, 4) is 0 Å². The third-order valence-electron chi connectivity index (χ3n) is 3.58. The number of nitro benzene ring substituents is 1. The SMILES string of the molecule is CC[C@](CC(=O)O)(N[S@@](=O)C(C)(C)C)c1cc([N+](=O)[O-])ccc1F. The van der Waals surface area contributed by atoms with Gasteiger partial charge in [0.25, 0.3) is 5.69 Å². The third-order valence-corrected chi connectivity index (χ3v) is 5.27. The van der Waals surface area contributed by atoms with Gasteiger partial charge in [-0.3, -0.25) is 14.9 Å². The first-order valence-corrected chi connectivity index (χ1v) is 8.44. The third kappa shape index (κ3) is 4.57. The van der Waals surface area contributed by atoms with E-state index in [4.69, 9.17) is 0 Å². The highest BCUT2D eigenvalue weighted by Gasteiger charge is 2.40. The molecule has 0 aliphatic heterocycles. The van der Waals surface area contributed by atoms with Crippen molar-refractivity contribution < 1.29 is 23.4 Å². The highest BCUT2D eigenvalue weighted by molar-refractivity contribution is 7.84. The van der Waals surface area contributed by atoms with Gasteiger partial charge in [-0.1, -0.05) is 6.92 Å². The molecule has 0 heterocycles. The van der Waals surface area contributed by atoms with Crippen molar-refractivity contribution in [2.45, 2.75) is 50.8 Å². The van der Waals surface area contributed by atoms with Crippen molar-refractivity contribution in [3.63, 3.8) is 0 Å². The summed E-state index contributed by atoms with van der Waals surface area (Å²) in [5.41, 5.74) is -2.07. The summed E-state index contributed by atoms with van der Waals surface area (Å²) >= 11 is 0. The first-order valence-electron chi connectivity index (χ1n) is 7.29. The van der Waals surface area contributed by atoms with Crippen LogP contribution in [0.5, 0.6) is 0 Å². The molecule has 134 valence electrons. The molecule has 2 N–H and O–H groups in total. The van der Waals surface area contributed by atoms with E-state index in [2.05, 4.69) is 4.72 Å². The standard InChI is InChI=1S/C15H21FN2O5S/c1-5-15(9-13(19)20,17-24(23)14(2,3)4)11-8-10(18(21)22)6-7-12(11)16/h6-8,17H,5,9H2,1-4H3,(H,19,20)/t15-,24+/m1/s1. The van der Waals surface area contributed by atoms with Crippen LogP contribution in [0.15, 0.2) is 18.2 Å². The average molecular weight is 360 g/mol. The van der Waals surface area contributed by atoms with Crippen LogP contribution in [-0.4, -0.2) is 25.0 Å². The molecule has 0 radical (unpaired) electrons. The zero-order chi connectivity index (χ0) is 18.7. The molecule has 0 saturated heterocycles. The molecule has 1 aromatic carbocycles. The van der Waals surface area contributed by atoms with Gasteiger partial charge >= 0.3 is 5.97 Å². The molecule has 24 heavy (non-hydrogen) atoms. The first-order chi connectivity index (χ1) is 10.9. The first kappa shape index (κ1) is 20.2. The number of carboxylic acid groups (broad SMARTS) is 1. The zero-order valence-corrected chi connectivity index (χ0v) is 14.8. The number of benzene rings is 1. The molecule has 0 saturated carbocycles. The maximum atomic E-state index is 14.4. The molecule has 0 aliphatic carbocycles. The summed E-state index contributed by atoms with van der Waals surface area (Å²) in [6.45, 7) is 6.65. The molecule has 0 aromatic heterocycles. The largest absolute Gasteiger partial charge is 0.481 e. The molecule has 1 rings (SSSR count). The normalized spacial score (nSPS) is 15.5. The molecular formula is C15H21FN2O5S. The molecule has 0 aliphatic rings. The number of nitro groups is 1. The van der Waals surface area contributed by atoms with Crippen molar-refractivity contribution in [1.29, 1.82) is 0 Å². The Morgan fingerprint density at radius 1 is 1.42 bits per heavy atom. The topological polar surface area (TPSA) is 110 Å². The molecule has 0 fully saturated rings. The van der Waals surface area contributed by atoms with E-state index in [1.807, 2.05) is 0 Å². The molecule has 0 bridgehead atoms. The van der Waals surface area contributed by atoms with Gasteiger partial charge in [0.05, 0.1) is 32.6 Å². The zero-order valence-electron chi connectivity index (χ0n) is 14.0. The molecule has 0 amide bonds. The second kappa shape index (κ2) is 7.35. The monoisotopic (exact) mass is 360 g/mol. The van der Waals surface area contributed by atoms with E-state index in [0.29, 0.717) is 0 Å². The number of hydrogen-bond acceptors (Lipinski definition) is 4. The number of non-ortho nitro benzene ring substituents is 1. The van der Waals surface area contributed by atoms with Gasteiger partial charge in [0.1, 0.15) is 5.82 Å². The smallest absolute Gasteiger partial charge is 0.305 e. The van der Waals surface area contributed by atoms with Crippen LogP contribution in [-0.2, 0) is 21.3 Å². The van der Waals surface area contributed by atoms with Crippen LogP contribution < -0.4 is 4.72 Å². The second-order valence-corrected chi connectivity index (χ2v) is 8.38. The number of nitrogens with zero attached hydrogens (tertiary/aromatic N) is 1. The molecule has 9 heteroatoms. The van der Waals surface area contributed by atoms with Gasteiger partial charge in [-0.05, 0) is 33.3 Å². The van der Waals surface area contributed by atoms with Crippen LogP contribution >= 0.6 is 0 Å². The molecule has 0 spiro atoms. The maximum absolute atomic E-state index is 14.4. The van der Waals surface area contributed by atoms with E-state index in [0.717, 1.165) is 18.2 Å². The number of nitrogens with one attached hydrogen (secondary N) is 1. The van der Waals surface area contributed by atoms with Gasteiger partial charge in [-0.15, -0.1) is 0 Å². The number of aliphatic carboxylic acids is 1. The van der Waals surface area contributed by atoms with Gasteiger partial charge in [-0.25, -0.2) is 13.3 Å². The van der Waals surface area contributed by atoms with Crippen LogP contribution in [0.1, 0.15) is 46.1 Å². The summed E-state index contributed by atoms with van der Waals surface area (Å²) in [5, 5.41) is 20.2. The van der Waals surface area contributed by atoms with E-state index in [1.54, 1.807) is 27.7 Å². The van der Waals surface area contributed by atoms with Crippen molar-refractivity contribution in [3.05, 3.63) is 39.7 Å². The lowest BCUT2D eigenvalue weighted by Crippen LogP contribution is -2.49. The fraction of sp³-hybridized carbons (Fsp3) is 0.533. The van der Waals surface area contributed by atoms with Crippen molar-refractivity contribution >= 4 is 22.6 Å². The van der Waals surface area contributed by atoms with Crippen LogP contribution in [0.25, 0.3) is 0 Å². The fourth-order valence-corrected chi connectivity index (χ4v) is 3.14. The second-order valence-electron chi connectivity index (χ2n) is 6.41. The minimum Gasteiger partial charge on any atom is -0.481 e. The van der Waals surface area contributed by atoms with Gasteiger partial charge < -0.3 is 5.11 Å². The lowest BCUT2D eigenvalue weighted by atomic mass is 9.84.